The molecule has 0 fully saturated rings. The van der Waals surface area contributed by atoms with E-state index in [0.29, 0.717) is 0 Å². The number of nitrogens with zero attached hydrogens (tertiary/aromatic N) is 1. The van der Waals surface area contributed by atoms with Crippen LogP contribution in [0.25, 0.3) is 0 Å². The molecule has 20 heavy (non-hydrogen) atoms. The molecule has 0 saturated carbocycles. The number of halogens is 1. The summed E-state index contributed by atoms with van der Waals surface area (Å²) in [6.07, 6.45) is 3.41. The first-order chi connectivity index (χ1) is 9.51. The molecule has 0 aliphatic rings. The molecule has 0 heterocycles. The molecule has 2 nitrogen and oxygen atoms in total. The van der Waals surface area contributed by atoms with E-state index >= 15 is 0 Å². The van der Waals surface area contributed by atoms with E-state index in [4.69, 9.17) is 5.73 Å². The molecule has 0 bridgehead atoms. The van der Waals surface area contributed by atoms with Gasteiger partial charge in [-0.05, 0) is 43.9 Å². The molecule has 1 rings (SSSR count). The highest BCUT2D eigenvalue weighted by Crippen LogP contribution is 2.26. The van der Waals surface area contributed by atoms with E-state index in [9.17, 15) is 0 Å². The summed E-state index contributed by atoms with van der Waals surface area (Å²) in [6.45, 7) is 11.0. The molecule has 1 aromatic rings. The maximum atomic E-state index is 5.89. The molecule has 2 N–H and O–H groups in total. The molecule has 3 heteroatoms. The average molecular weight is 341 g/mol. The molecule has 0 spiro atoms. The van der Waals surface area contributed by atoms with Crippen LogP contribution in [0.4, 0.5) is 5.69 Å². The van der Waals surface area contributed by atoms with Crippen LogP contribution in [0.1, 0.15) is 46.1 Å². The quantitative estimate of drug-likeness (QED) is 0.749. The van der Waals surface area contributed by atoms with Gasteiger partial charge in [-0.3, -0.25) is 0 Å². The van der Waals surface area contributed by atoms with Gasteiger partial charge in [-0.15, -0.1) is 0 Å². The van der Waals surface area contributed by atoms with Crippen LogP contribution < -0.4 is 10.6 Å². The van der Waals surface area contributed by atoms with Gasteiger partial charge in [0.05, 0.1) is 0 Å². The van der Waals surface area contributed by atoms with Gasteiger partial charge in [0.2, 0.25) is 0 Å². The van der Waals surface area contributed by atoms with Crippen LogP contribution in [-0.2, 0) is 6.42 Å². The van der Waals surface area contributed by atoms with E-state index in [1.807, 2.05) is 6.92 Å². The van der Waals surface area contributed by atoms with E-state index in [0.717, 1.165) is 25.4 Å². The highest BCUT2D eigenvalue weighted by Gasteiger charge is 2.12. The summed E-state index contributed by atoms with van der Waals surface area (Å²) in [6, 6.07) is 6.88. The summed E-state index contributed by atoms with van der Waals surface area (Å²) >= 11 is 3.69. The van der Waals surface area contributed by atoms with Gasteiger partial charge in [0.25, 0.3) is 0 Å². The largest absolute Gasteiger partial charge is 0.372 e. The van der Waals surface area contributed by atoms with Crippen molar-refractivity contribution in [2.45, 2.75) is 53.0 Å². The molecule has 0 aliphatic carbocycles. The van der Waals surface area contributed by atoms with Gasteiger partial charge >= 0.3 is 0 Å². The van der Waals surface area contributed by atoms with Crippen LogP contribution in [-0.4, -0.2) is 19.1 Å². The lowest BCUT2D eigenvalue weighted by atomic mass is 10.0. The standard InChI is InChI=1S/C17H29BrN2/c1-5-14(6-2)12-20(7-3)16-9-8-15(10-13(4)19)17(18)11-16/h8-9,11,13-14H,5-7,10,12,19H2,1-4H3. The molecule has 1 unspecified atom stereocenters. The summed E-state index contributed by atoms with van der Waals surface area (Å²) < 4.78 is 1.18. The lowest BCUT2D eigenvalue weighted by molar-refractivity contribution is 0.486. The molecule has 0 aliphatic heterocycles. The Morgan fingerprint density at radius 1 is 1.20 bits per heavy atom. The molecule has 0 saturated heterocycles. The zero-order valence-electron chi connectivity index (χ0n) is 13.3. The van der Waals surface area contributed by atoms with Gasteiger partial charge in [0.1, 0.15) is 0 Å². The Morgan fingerprint density at radius 2 is 1.85 bits per heavy atom. The number of nitrogens with two attached hydrogens (primary N) is 1. The van der Waals surface area contributed by atoms with Crippen molar-refractivity contribution >= 4 is 21.6 Å². The fourth-order valence-electron chi connectivity index (χ4n) is 2.52. The minimum atomic E-state index is 0.198. The summed E-state index contributed by atoms with van der Waals surface area (Å²) in [4.78, 5) is 2.47. The number of rotatable bonds is 8. The molecule has 1 aromatic carbocycles. The first kappa shape index (κ1) is 17.5. The molecule has 114 valence electrons. The minimum absolute atomic E-state index is 0.198. The fourth-order valence-corrected chi connectivity index (χ4v) is 3.05. The first-order valence-electron chi connectivity index (χ1n) is 7.80. The summed E-state index contributed by atoms with van der Waals surface area (Å²) in [5.41, 5.74) is 8.49. The van der Waals surface area contributed by atoms with Crippen molar-refractivity contribution in [1.29, 1.82) is 0 Å². The van der Waals surface area contributed by atoms with Gasteiger partial charge in [-0.1, -0.05) is 48.7 Å². The van der Waals surface area contributed by atoms with Crippen molar-refractivity contribution in [3.05, 3.63) is 28.2 Å². The highest BCUT2D eigenvalue weighted by atomic mass is 79.9. The molecule has 0 radical (unpaired) electrons. The van der Waals surface area contributed by atoms with E-state index in [-0.39, 0.29) is 6.04 Å². The van der Waals surface area contributed by atoms with Crippen molar-refractivity contribution < 1.29 is 0 Å². The Bertz CT molecular complexity index is 400. The van der Waals surface area contributed by atoms with E-state index in [1.165, 1.54) is 28.6 Å². The van der Waals surface area contributed by atoms with Crippen LogP contribution in [0, 0.1) is 5.92 Å². The smallest absolute Gasteiger partial charge is 0.0377 e. The maximum absolute atomic E-state index is 5.89. The Morgan fingerprint density at radius 3 is 2.30 bits per heavy atom. The topological polar surface area (TPSA) is 29.3 Å². The van der Waals surface area contributed by atoms with Gasteiger partial charge in [-0.25, -0.2) is 0 Å². The maximum Gasteiger partial charge on any atom is 0.0377 e. The monoisotopic (exact) mass is 340 g/mol. The van der Waals surface area contributed by atoms with Crippen molar-refractivity contribution in [1.82, 2.24) is 0 Å². The second-order valence-electron chi connectivity index (χ2n) is 5.68. The predicted molar refractivity (Wildman–Crippen MR) is 93.5 cm³/mol. The predicted octanol–water partition coefficient (Wildman–Crippen LogP) is 4.60. The second kappa shape index (κ2) is 8.68. The Balaban J connectivity index is 2.85. The van der Waals surface area contributed by atoms with Gasteiger partial charge in [-0.2, -0.15) is 0 Å². The number of hydrogen-bond acceptors (Lipinski definition) is 2. The zero-order chi connectivity index (χ0) is 15.1. The lowest BCUT2D eigenvalue weighted by Crippen LogP contribution is -2.29. The Hall–Kier alpha value is -0.540. The van der Waals surface area contributed by atoms with Crippen molar-refractivity contribution in [3.8, 4) is 0 Å². The zero-order valence-corrected chi connectivity index (χ0v) is 14.9. The molecule has 1 atom stereocenters. The van der Waals surface area contributed by atoms with Crippen LogP contribution in [0.5, 0.6) is 0 Å². The van der Waals surface area contributed by atoms with Gasteiger partial charge in [0, 0.05) is 29.3 Å². The van der Waals surface area contributed by atoms with E-state index < -0.39 is 0 Å². The molecular formula is C17H29BrN2. The summed E-state index contributed by atoms with van der Waals surface area (Å²) in [7, 11) is 0. The Labute approximate surface area is 132 Å². The average Bonchev–Trinajstić information content (AvgIpc) is 2.42. The van der Waals surface area contributed by atoms with E-state index in [1.54, 1.807) is 0 Å². The molecule has 0 amide bonds. The number of hydrogen-bond donors (Lipinski definition) is 1. The Kier molecular flexibility index (Phi) is 7.60. The third-order valence-corrected chi connectivity index (χ3v) is 4.70. The third kappa shape index (κ3) is 5.10. The normalized spacial score (nSPS) is 12.8. The molecule has 0 aromatic heterocycles. The first-order valence-corrected chi connectivity index (χ1v) is 8.59. The van der Waals surface area contributed by atoms with Crippen LogP contribution in [0.2, 0.25) is 0 Å². The van der Waals surface area contributed by atoms with E-state index in [2.05, 4.69) is 59.8 Å². The van der Waals surface area contributed by atoms with Gasteiger partial charge in [0.15, 0.2) is 0 Å². The van der Waals surface area contributed by atoms with Crippen molar-refractivity contribution in [3.63, 3.8) is 0 Å². The second-order valence-corrected chi connectivity index (χ2v) is 6.53. The number of benzene rings is 1. The third-order valence-electron chi connectivity index (χ3n) is 3.96. The van der Waals surface area contributed by atoms with Crippen LogP contribution in [0.15, 0.2) is 22.7 Å². The minimum Gasteiger partial charge on any atom is -0.372 e. The van der Waals surface area contributed by atoms with Crippen molar-refractivity contribution in [2.75, 3.05) is 18.0 Å². The highest BCUT2D eigenvalue weighted by molar-refractivity contribution is 9.10. The summed E-state index contributed by atoms with van der Waals surface area (Å²) in [5.74, 6) is 0.775. The fraction of sp³-hybridized carbons (Fsp3) is 0.647. The molecular weight excluding hydrogens is 312 g/mol. The lowest BCUT2D eigenvalue weighted by Gasteiger charge is -2.28. The van der Waals surface area contributed by atoms with Crippen LogP contribution >= 0.6 is 15.9 Å². The SMILES string of the molecule is CCC(CC)CN(CC)c1ccc(CC(C)N)c(Br)c1. The van der Waals surface area contributed by atoms with Gasteiger partial charge < -0.3 is 10.6 Å². The van der Waals surface area contributed by atoms with Crippen LogP contribution in [0.3, 0.4) is 0 Å². The number of anilines is 1. The summed E-state index contributed by atoms with van der Waals surface area (Å²) in [5, 5.41) is 0. The van der Waals surface area contributed by atoms with Crippen molar-refractivity contribution in [2.24, 2.45) is 11.7 Å².